The largest absolute Gasteiger partial charge is 0.492 e. The molecule has 1 aliphatic rings. The lowest BCUT2D eigenvalue weighted by Gasteiger charge is -2.27. The molecule has 0 aliphatic carbocycles. The fourth-order valence-electron chi connectivity index (χ4n) is 2.57. The summed E-state index contributed by atoms with van der Waals surface area (Å²) in [6, 6.07) is 5.56. The molecule has 1 aromatic carbocycles. The second-order valence-corrected chi connectivity index (χ2v) is 6.49. The van der Waals surface area contributed by atoms with Crippen LogP contribution in [-0.4, -0.2) is 31.6 Å². The van der Waals surface area contributed by atoms with E-state index in [0.717, 1.165) is 25.8 Å². The zero-order valence-electron chi connectivity index (χ0n) is 13.1. The Hall–Kier alpha value is -0.680. The van der Waals surface area contributed by atoms with Gasteiger partial charge in [-0.1, -0.05) is 23.2 Å². The third-order valence-corrected chi connectivity index (χ3v) is 4.30. The standard InChI is InChI=1S/C16H22Cl2N2O2.ClH/c1-11-9-12(5-7-19-11)16(21)20-6-2-8-22-15-4-3-13(17)10-14(15)18;/h3-4,10-12,19H,2,5-9H2,1H3,(H,20,21);1H/t11-,12-;/m0./s1. The average molecular weight is 382 g/mol. The van der Waals surface area contributed by atoms with E-state index in [0.29, 0.717) is 35.0 Å². The molecule has 1 saturated heterocycles. The number of halogens is 3. The molecule has 4 nitrogen and oxygen atoms in total. The summed E-state index contributed by atoms with van der Waals surface area (Å²) in [4.78, 5) is 12.1. The molecule has 0 saturated carbocycles. The summed E-state index contributed by atoms with van der Waals surface area (Å²) in [5.41, 5.74) is 0. The van der Waals surface area contributed by atoms with E-state index in [1.165, 1.54) is 0 Å². The highest BCUT2D eigenvalue weighted by atomic mass is 35.5. The van der Waals surface area contributed by atoms with Crippen LogP contribution in [-0.2, 0) is 4.79 Å². The van der Waals surface area contributed by atoms with Crippen molar-refractivity contribution in [1.29, 1.82) is 0 Å². The van der Waals surface area contributed by atoms with Crippen LogP contribution in [0, 0.1) is 5.92 Å². The third kappa shape index (κ3) is 6.76. The van der Waals surface area contributed by atoms with Crippen LogP contribution in [0.1, 0.15) is 26.2 Å². The van der Waals surface area contributed by atoms with Crippen molar-refractivity contribution < 1.29 is 9.53 Å². The first-order chi connectivity index (χ1) is 10.6. The Kier molecular flexibility index (Phi) is 9.07. The van der Waals surface area contributed by atoms with Gasteiger partial charge < -0.3 is 15.4 Å². The predicted molar refractivity (Wildman–Crippen MR) is 97.0 cm³/mol. The highest BCUT2D eigenvalue weighted by molar-refractivity contribution is 6.35. The SMILES string of the molecule is C[C@H]1C[C@@H](C(=O)NCCCOc2ccc(Cl)cc2Cl)CCN1.Cl. The number of rotatable bonds is 6. The van der Waals surface area contributed by atoms with Crippen LogP contribution < -0.4 is 15.4 Å². The highest BCUT2D eigenvalue weighted by Crippen LogP contribution is 2.27. The zero-order chi connectivity index (χ0) is 15.9. The van der Waals surface area contributed by atoms with Gasteiger partial charge in [0.05, 0.1) is 11.6 Å². The quantitative estimate of drug-likeness (QED) is 0.739. The van der Waals surface area contributed by atoms with E-state index in [1.54, 1.807) is 18.2 Å². The van der Waals surface area contributed by atoms with Crippen molar-refractivity contribution in [3.63, 3.8) is 0 Å². The summed E-state index contributed by atoms with van der Waals surface area (Å²) in [7, 11) is 0. The molecule has 0 radical (unpaired) electrons. The van der Waals surface area contributed by atoms with Gasteiger partial charge in [-0.25, -0.2) is 0 Å². The molecular weight excluding hydrogens is 359 g/mol. The van der Waals surface area contributed by atoms with Gasteiger partial charge >= 0.3 is 0 Å². The van der Waals surface area contributed by atoms with E-state index in [2.05, 4.69) is 17.6 Å². The number of benzene rings is 1. The molecule has 0 unspecified atom stereocenters. The molecule has 1 heterocycles. The Balaban J connectivity index is 0.00000264. The maximum Gasteiger partial charge on any atom is 0.223 e. The van der Waals surface area contributed by atoms with Crippen LogP contribution in [0.5, 0.6) is 5.75 Å². The van der Waals surface area contributed by atoms with Gasteiger partial charge in [-0.15, -0.1) is 12.4 Å². The lowest BCUT2D eigenvalue weighted by Crippen LogP contribution is -2.42. The van der Waals surface area contributed by atoms with Gasteiger partial charge in [0.2, 0.25) is 5.91 Å². The van der Waals surface area contributed by atoms with E-state index >= 15 is 0 Å². The summed E-state index contributed by atoms with van der Waals surface area (Å²) >= 11 is 11.9. The first kappa shape index (κ1) is 20.4. The van der Waals surface area contributed by atoms with Crippen molar-refractivity contribution in [2.45, 2.75) is 32.2 Å². The molecule has 1 aromatic rings. The number of ether oxygens (including phenoxy) is 1. The van der Waals surface area contributed by atoms with Crippen molar-refractivity contribution in [3.8, 4) is 5.75 Å². The van der Waals surface area contributed by atoms with Crippen molar-refractivity contribution in [1.82, 2.24) is 10.6 Å². The lowest BCUT2D eigenvalue weighted by molar-refractivity contribution is -0.126. The maximum atomic E-state index is 12.1. The first-order valence-electron chi connectivity index (χ1n) is 7.65. The van der Waals surface area contributed by atoms with E-state index in [1.807, 2.05) is 0 Å². The zero-order valence-corrected chi connectivity index (χ0v) is 15.4. The molecule has 2 atom stereocenters. The monoisotopic (exact) mass is 380 g/mol. The van der Waals surface area contributed by atoms with Crippen LogP contribution in [0.15, 0.2) is 18.2 Å². The van der Waals surface area contributed by atoms with Gasteiger partial charge in [0.1, 0.15) is 5.75 Å². The van der Waals surface area contributed by atoms with E-state index in [4.69, 9.17) is 27.9 Å². The Labute approximate surface area is 153 Å². The van der Waals surface area contributed by atoms with E-state index in [-0.39, 0.29) is 24.2 Å². The smallest absolute Gasteiger partial charge is 0.223 e. The molecule has 1 aliphatic heterocycles. The van der Waals surface area contributed by atoms with Crippen molar-refractivity contribution in [2.75, 3.05) is 19.7 Å². The molecule has 7 heteroatoms. The second kappa shape index (κ2) is 10.2. The number of hydrogen-bond acceptors (Lipinski definition) is 3. The Morgan fingerprint density at radius 2 is 2.22 bits per heavy atom. The summed E-state index contributed by atoms with van der Waals surface area (Å²) in [6.45, 7) is 4.15. The number of carbonyl (C=O) groups is 1. The molecule has 130 valence electrons. The fraction of sp³-hybridized carbons (Fsp3) is 0.562. The minimum absolute atomic E-state index is 0. The number of piperidine rings is 1. The van der Waals surface area contributed by atoms with Gasteiger partial charge in [-0.3, -0.25) is 4.79 Å². The maximum absolute atomic E-state index is 12.1. The molecule has 1 fully saturated rings. The molecule has 2 rings (SSSR count). The van der Waals surface area contributed by atoms with Gasteiger partial charge in [-0.2, -0.15) is 0 Å². The fourth-order valence-corrected chi connectivity index (χ4v) is 3.04. The minimum Gasteiger partial charge on any atom is -0.492 e. The van der Waals surface area contributed by atoms with E-state index in [9.17, 15) is 4.79 Å². The Morgan fingerprint density at radius 1 is 1.43 bits per heavy atom. The van der Waals surface area contributed by atoms with Crippen molar-refractivity contribution in [2.24, 2.45) is 5.92 Å². The number of nitrogens with one attached hydrogen (secondary N) is 2. The average Bonchev–Trinajstić information content (AvgIpc) is 2.48. The van der Waals surface area contributed by atoms with Crippen molar-refractivity contribution >= 4 is 41.5 Å². The van der Waals surface area contributed by atoms with E-state index < -0.39 is 0 Å². The molecule has 23 heavy (non-hydrogen) atoms. The number of hydrogen-bond donors (Lipinski definition) is 2. The summed E-state index contributed by atoms with van der Waals surface area (Å²) < 4.78 is 5.58. The topological polar surface area (TPSA) is 50.4 Å². The van der Waals surface area contributed by atoms with Crippen LogP contribution in [0.25, 0.3) is 0 Å². The van der Waals surface area contributed by atoms with Gasteiger partial charge in [0, 0.05) is 23.5 Å². The third-order valence-electron chi connectivity index (χ3n) is 3.77. The summed E-state index contributed by atoms with van der Waals surface area (Å²) in [5.74, 6) is 0.894. The highest BCUT2D eigenvalue weighted by Gasteiger charge is 2.24. The molecular formula is C16H23Cl3N2O2. The van der Waals surface area contributed by atoms with Crippen LogP contribution in [0.4, 0.5) is 0 Å². The van der Waals surface area contributed by atoms with Gasteiger partial charge in [0.15, 0.2) is 0 Å². The number of amides is 1. The summed E-state index contributed by atoms with van der Waals surface area (Å²) in [6.07, 6.45) is 2.56. The van der Waals surface area contributed by atoms with Gasteiger partial charge in [-0.05, 0) is 50.9 Å². The second-order valence-electron chi connectivity index (χ2n) is 5.64. The molecule has 2 N–H and O–H groups in total. The minimum atomic E-state index is 0. The van der Waals surface area contributed by atoms with Crippen molar-refractivity contribution in [3.05, 3.63) is 28.2 Å². The normalized spacial score (nSPS) is 20.5. The molecule has 0 spiro atoms. The van der Waals surface area contributed by atoms with Crippen LogP contribution in [0.2, 0.25) is 10.0 Å². The molecule has 0 bridgehead atoms. The molecule has 0 aromatic heterocycles. The van der Waals surface area contributed by atoms with Crippen LogP contribution >= 0.6 is 35.6 Å². The van der Waals surface area contributed by atoms with Crippen LogP contribution in [0.3, 0.4) is 0 Å². The predicted octanol–water partition coefficient (Wildman–Crippen LogP) is 3.69. The first-order valence-corrected chi connectivity index (χ1v) is 8.41. The van der Waals surface area contributed by atoms with Gasteiger partial charge in [0.25, 0.3) is 0 Å². The molecule has 1 amide bonds. The number of carbonyl (C=O) groups excluding carboxylic acids is 1. The lowest BCUT2D eigenvalue weighted by atomic mass is 9.92. The Bertz CT molecular complexity index is 514. The Morgan fingerprint density at radius 3 is 2.91 bits per heavy atom. The summed E-state index contributed by atoms with van der Waals surface area (Å²) in [5, 5.41) is 7.42.